The van der Waals surface area contributed by atoms with Gasteiger partial charge in [0.15, 0.2) is 0 Å². The van der Waals surface area contributed by atoms with Crippen molar-refractivity contribution < 1.29 is 0 Å². The predicted molar refractivity (Wildman–Crippen MR) is 63.6 cm³/mol. The first-order valence-corrected chi connectivity index (χ1v) is 5.23. The number of halogens is 2. The summed E-state index contributed by atoms with van der Waals surface area (Å²) in [6, 6.07) is 3.51. The van der Waals surface area contributed by atoms with E-state index < -0.39 is 0 Å². The summed E-state index contributed by atoms with van der Waals surface area (Å²) < 4.78 is 0. The predicted octanol–water partition coefficient (Wildman–Crippen LogP) is 2.88. The third kappa shape index (κ3) is 5.00. The van der Waals surface area contributed by atoms with Gasteiger partial charge in [-0.05, 0) is 37.6 Å². The van der Waals surface area contributed by atoms with Crippen molar-refractivity contribution in [3.63, 3.8) is 0 Å². The normalized spacial score (nSPS) is 9.25. The molecule has 2 aromatic rings. The molecule has 4 nitrogen and oxygen atoms in total. The molecule has 0 aromatic carbocycles. The Labute approximate surface area is 104 Å². The number of rotatable bonds is 0. The molecule has 84 valence electrons. The van der Waals surface area contributed by atoms with Gasteiger partial charge in [-0.25, -0.2) is 19.9 Å². The molecule has 0 saturated carbocycles. The van der Waals surface area contributed by atoms with E-state index in [1.807, 2.05) is 13.0 Å². The van der Waals surface area contributed by atoms with Gasteiger partial charge >= 0.3 is 0 Å². The Morgan fingerprint density at radius 1 is 1.06 bits per heavy atom. The van der Waals surface area contributed by atoms with Crippen molar-refractivity contribution in [1.29, 1.82) is 0 Å². The maximum atomic E-state index is 5.51. The number of hydrogen-bond acceptors (Lipinski definition) is 4. The highest BCUT2D eigenvalue weighted by Gasteiger charge is 1.94. The van der Waals surface area contributed by atoms with E-state index in [2.05, 4.69) is 19.9 Å². The second-order valence-electron chi connectivity index (χ2n) is 2.95. The van der Waals surface area contributed by atoms with Crippen LogP contribution in [-0.4, -0.2) is 19.9 Å². The van der Waals surface area contributed by atoms with Crippen LogP contribution in [0.3, 0.4) is 0 Å². The maximum Gasteiger partial charge on any atom is 0.223 e. The van der Waals surface area contributed by atoms with Crippen LogP contribution in [-0.2, 0) is 0 Å². The van der Waals surface area contributed by atoms with Gasteiger partial charge in [0.1, 0.15) is 11.5 Å². The average Bonchev–Trinajstić information content (AvgIpc) is 2.17. The molecule has 0 spiro atoms. The van der Waals surface area contributed by atoms with Crippen molar-refractivity contribution in [2.24, 2.45) is 0 Å². The van der Waals surface area contributed by atoms with E-state index in [1.165, 1.54) is 6.33 Å². The standard InChI is InChI=1S/C5H4Cl2N2.C5H6N2/c1-3-2-4(6)9-5(7)8-3;1-5-2-3-6-4-7-5/h2H,1H3;2-4H,1H3. The molecule has 0 atom stereocenters. The molecule has 0 radical (unpaired) electrons. The van der Waals surface area contributed by atoms with E-state index in [0.29, 0.717) is 5.15 Å². The lowest BCUT2D eigenvalue weighted by Gasteiger charge is -1.91. The van der Waals surface area contributed by atoms with Crippen LogP contribution in [0.4, 0.5) is 0 Å². The van der Waals surface area contributed by atoms with Gasteiger partial charge in [-0.1, -0.05) is 11.6 Å². The molecule has 0 aliphatic carbocycles. The van der Waals surface area contributed by atoms with Crippen LogP contribution < -0.4 is 0 Å². The largest absolute Gasteiger partial charge is 0.245 e. The molecule has 0 saturated heterocycles. The summed E-state index contributed by atoms with van der Waals surface area (Å²) in [4.78, 5) is 15.1. The summed E-state index contributed by atoms with van der Waals surface area (Å²) in [5, 5.41) is 0.576. The fourth-order valence-corrected chi connectivity index (χ4v) is 1.36. The molecule has 0 unspecified atom stereocenters. The fourth-order valence-electron chi connectivity index (χ4n) is 0.852. The molecule has 0 aliphatic heterocycles. The number of aryl methyl sites for hydroxylation is 2. The zero-order valence-corrected chi connectivity index (χ0v) is 10.4. The highest BCUT2D eigenvalue weighted by Crippen LogP contribution is 2.08. The van der Waals surface area contributed by atoms with Crippen LogP contribution in [0.15, 0.2) is 24.7 Å². The topological polar surface area (TPSA) is 51.6 Å². The van der Waals surface area contributed by atoms with E-state index in [0.717, 1.165) is 11.4 Å². The number of nitrogens with zero attached hydrogens (tertiary/aromatic N) is 4. The van der Waals surface area contributed by atoms with Crippen molar-refractivity contribution >= 4 is 23.2 Å². The summed E-state index contributed by atoms with van der Waals surface area (Å²) in [5.41, 5.74) is 1.79. The van der Waals surface area contributed by atoms with Gasteiger partial charge in [-0.15, -0.1) is 0 Å². The van der Waals surface area contributed by atoms with Crippen molar-refractivity contribution in [3.8, 4) is 0 Å². The van der Waals surface area contributed by atoms with Crippen LogP contribution in [0, 0.1) is 13.8 Å². The summed E-state index contributed by atoms with van der Waals surface area (Å²) in [6.07, 6.45) is 3.26. The molecule has 0 fully saturated rings. The molecule has 16 heavy (non-hydrogen) atoms. The molecule has 2 heterocycles. The van der Waals surface area contributed by atoms with Crippen LogP contribution >= 0.6 is 23.2 Å². The Bertz CT molecular complexity index is 397. The minimum Gasteiger partial charge on any atom is -0.245 e. The highest BCUT2D eigenvalue weighted by molar-refractivity contribution is 6.31. The lowest BCUT2D eigenvalue weighted by molar-refractivity contribution is 1.10. The molecule has 2 aromatic heterocycles. The SMILES string of the molecule is Cc1cc(Cl)nc(Cl)n1.Cc1ccncn1. The van der Waals surface area contributed by atoms with Gasteiger partial charge in [0, 0.05) is 17.6 Å². The zero-order valence-electron chi connectivity index (χ0n) is 8.85. The Kier molecular flexibility index (Phi) is 5.08. The lowest BCUT2D eigenvalue weighted by Crippen LogP contribution is -1.85. The van der Waals surface area contributed by atoms with E-state index in [4.69, 9.17) is 23.2 Å². The van der Waals surface area contributed by atoms with Crippen molar-refractivity contribution in [2.75, 3.05) is 0 Å². The second-order valence-corrected chi connectivity index (χ2v) is 3.68. The smallest absolute Gasteiger partial charge is 0.223 e. The molecule has 0 amide bonds. The first-order chi connectivity index (χ1) is 7.58. The quantitative estimate of drug-likeness (QED) is 0.538. The Balaban J connectivity index is 0.000000165. The maximum absolute atomic E-state index is 5.51. The summed E-state index contributed by atoms with van der Waals surface area (Å²) >= 11 is 11.0. The van der Waals surface area contributed by atoms with Crippen molar-refractivity contribution in [3.05, 3.63) is 46.5 Å². The van der Waals surface area contributed by atoms with E-state index in [9.17, 15) is 0 Å². The van der Waals surface area contributed by atoms with Gasteiger partial charge in [0.05, 0.1) is 0 Å². The average molecular weight is 257 g/mol. The number of hydrogen-bond donors (Lipinski definition) is 0. The molecule has 6 heteroatoms. The zero-order chi connectivity index (χ0) is 12.0. The van der Waals surface area contributed by atoms with Crippen LogP contribution in [0.2, 0.25) is 10.4 Å². The summed E-state index contributed by atoms with van der Waals surface area (Å²) in [6.45, 7) is 3.74. The monoisotopic (exact) mass is 256 g/mol. The van der Waals surface area contributed by atoms with Gasteiger partial charge < -0.3 is 0 Å². The molecule has 0 N–H and O–H groups in total. The number of aromatic nitrogens is 4. The third-order valence-corrected chi connectivity index (χ3v) is 1.89. The van der Waals surface area contributed by atoms with Crippen molar-refractivity contribution in [1.82, 2.24) is 19.9 Å². The Morgan fingerprint density at radius 3 is 2.19 bits per heavy atom. The van der Waals surface area contributed by atoms with Crippen LogP contribution in [0.25, 0.3) is 0 Å². The van der Waals surface area contributed by atoms with Crippen molar-refractivity contribution in [2.45, 2.75) is 13.8 Å². The Morgan fingerprint density at radius 2 is 1.81 bits per heavy atom. The molecule has 0 bridgehead atoms. The minimum atomic E-state index is 0.194. The summed E-state index contributed by atoms with van der Waals surface area (Å²) in [7, 11) is 0. The minimum absolute atomic E-state index is 0.194. The molecular weight excluding hydrogens is 247 g/mol. The van der Waals surface area contributed by atoms with Crippen LogP contribution in [0.1, 0.15) is 11.4 Å². The molecule has 0 aliphatic rings. The first-order valence-electron chi connectivity index (χ1n) is 4.47. The van der Waals surface area contributed by atoms with Gasteiger partial charge in [0.25, 0.3) is 0 Å². The first kappa shape index (κ1) is 12.8. The van der Waals surface area contributed by atoms with Gasteiger partial charge in [0.2, 0.25) is 5.28 Å². The third-order valence-electron chi connectivity index (χ3n) is 1.53. The van der Waals surface area contributed by atoms with E-state index in [-0.39, 0.29) is 5.28 Å². The highest BCUT2D eigenvalue weighted by atomic mass is 35.5. The Hall–Kier alpha value is -1.26. The van der Waals surface area contributed by atoms with Gasteiger partial charge in [-0.2, -0.15) is 0 Å². The lowest BCUT2D eigenvalue weighted by atomic mass is 10.5. The molecule has 2 rings (SSSR count). The van der Waals surface area contributed by atoms with E-state index >= 15 is 0 Å². The molecular formula is C10H10Cl2N4. The van der Waals surface area contributed by atoms with E-state index in [1.54, 1.807) is 19.2 Å². The van der Waals surface area contributed by atoms with Crippen LogP contribution in [0.5, 0.6) is 0 Å². The summed E-state index contributed by atoms with van der Waals surface area (Å²) in [5.74, 6) is 0. The fraction of sp³-hybridized carbons (Fsp3) is 0.200. The van der Waals surface area contributed by atoms with Gasteiger partial charge in [-0.3, -0.25) is 0 Å². The second kappa shape index (κ2) is 6.35.